The van der Waals surface area contributed by atoms with Crippen molar-refractivity contribution in [3.63, 3.8) is 0 Å². The van der Waals surface area contributed by atoms with Gasteiger partial charge in [0.1, 0.15) is 6.61 Å². The maximum Gasteiger partial charge on any atom is 0.472 e. The molecule has 0 aromatic rings. The number of hydrogen-bond acceptors (Lipinski definition) is 8. The summed E-state index contributed by atoms with van der Waals surface area (Å²) in [5.74, 6) is -0.862. The average molecular weight is 756 g/mol. The van der Waals surface area contributed by atoms with Gasteiger partial charge in [0.25, 0.3) is 0 Å². The molecule has 0 aromatic heterocycles. The lowest BCUT2D eigenvalue weighted by Gasteiger charge is -2.20. The van der Waals surface area contributed by atoms with Crippen LogP contribution < -0.4 is 0 Å². The summed E-state index contributed by atoms with van der Waals surface area (Å²) in [5, 5.41) is 0. The molecule has 0 aliphatic carbocycles. The van der Waals surface area contributed by atoms with Crippen LogP contribution in [0, 0.1) is 0 Å². The van der Waals surface area contributed by atoms with Crippen molar-refractivity contribution < 1.29 is 37.6 Å². The van der Waals surface area contributed by atoms with Gasteiger partial charge in [-0.1, -0.05) is 153 Å². The molecule has 0 saturated heterocycles. The first-order valence-electron chi connectivity index (χ1n) is 20.8. The SMILES string of the molecule is CCCCCCCC/C=C\C/C=C\C/C=C\CCCC(=O)OCC(COP(=O)(O)OCCN(C)C)OC(=O)CCCCCCCCCCCCCC. The second kappa shape index (κ2) is 37.5. The molecule has 0 aliphatic rings. The number of likely N-dealkylation sites (N-methyl/N-ethyl adjacent to an activating group) is 1. The van der Waals surface area contributed by atoms with E-state index < -0.39 is 32.5 Å². The Bertz CT molecular complexity index is 968. The topological polar surface area (TPSA) is 112 Å². The molecular formula is C42H78NO8P. The Morgan fingerprint density at radius 2 is 1.06 bits per heavy atom. The number of unbranched alkanes of at least 4 members (excludes halogenated alkanes) is 18. The zero-order chi connectivity index (χ0) is 38.4. The summed E-state index contributed by atoms with van der Waals surface area (Å²) in [5.41, 5.74) is 0. The Morgan fingerprint density at radius 3 is 1.60 bits per heavy atom. The molecule has 0 amide bonds. The van der Waals surface area contributed by atoms with Crippen molar-refractivity contribution in [1.82, 2.24) is 4.90 Å². The number of phosphoric acid groups is 1. The maximum atomic E-state index is 12.6. The van der Waals surface area contributed by atoms with E-state index in [1.807, 2.05) is 19.0 Å². The minimum Gasteiger partial charge on any atom is -0.462 e. The van der Waals surface area contributed by atoms with Gasteiger partial charge in [-0.2, -0.15) is 0 Å². The molecule has 0 saturated carbocycles. The predicted molar refractivity (Wildman–Crippen MR) is 215 cm³/mol. The van der Waals surface area contributed by atoms with E-state index in [-0.39, 0.29) is 26.1 Å². The van der Waals surface area contributed by atoms with Crippen LogP contribution in [-0.2, 0) is 32.7 Å². The predicted octanol–water partition coefficient (Wildman–Crippen LogP) is 11.6. The zero-order valence-corrected chi connectivity index (χ0v) is 34.6. The summed E-state index contributed by atoms with van der Waals surface area (Å²) in [4.78, 5) is 36.9. The molecule has 9 nitrogen and oxygen atoms in total. The van der Waals surface area contributed by atoms with Gasteiger partial charge in [-0.05, 0) is 59.0 Å². The van der Waals surface area contributed by atoms with E-state index in [9.17, 15) is 19.0 Å². The van der Waals surface area contributed by atoms with E-state index in [2.05, 4.69) is 50.3 Å². The minimum atomic E-state index is -4.37. The number of carbonyl (C=O) groups is 2. The van der Waals surface area contributed by atoms with Gasteiger partial charge in [0, 0.05) is 19.4 Å². The first-order valence-corrected chi connectivity index (χ1v) is 22.3. The summed E-state index contributed by atoms with van der Waals surface area (Å²) in [6, 6.07) is 0. The molecule has 0 aromatic carbocycles. The van der Waals surface area contributed by atoms with Gasteiger partial charge in [0.05, 0.1) is 13.2 Å². The van der Waals surface area contributed by atoms with Gasteiger partial charge in [0.15, 0.2) is 6.10 Å². The fourth-order valence-corrected chi connectivity index (χ4v) is 6.21. The number of esters is 2. The molecule has 0 bridgehead atoms. The zero-order valence-electron chi connectivity index (χ0n) is 33.7. The summed E-state index contributed by atoms with van der Waals surface area (Å²) < 4.78 is 33.3. The van der Waals surface area contributed by atoms with E-state index in [1.54, 1.807) is 0 Å². The van der Waals surface area contributed by atoms with Crippen LogP contribution in [0.2, 0.25) is 0 Å². The maximum absolute atomic E-state index is 12.6. The van der Waals surface area contributed by atoms with Crippen LogP contribution in [0.25, 0.3) is 0 Å². The van der Waals surface area contributed by atoms with Crippen LogP contribution in [0.5, 0.6) is 0 Å². The third kappa shape index (κ3) is 38.0. The van der Waals surface area contributed by atoms with Crippen molar-refractivity contribution in [2.45, 2.75) is 180 Å². The molecule has 0 aliphatic heterocycles. The van der Waals surface area contributed by atoms with E-state index >= 15 is 0 Å². The molecular weight excluding hydrogens is 677 g/mol. The monoisotopic (exact) mass is 756 g/mol. The fraction of sp³-hybridized carbons (Fsp3) is 0.810. The first-order chi connectivity index (χ1) is 25.2. The fourth-order valence-electron chi connectivity index (χ4n) is 5.47. The second-order valence-corrected chi connectivity index (χ2v) is 15.6. The van der Waals surface area contributed by atoms with E-state index in [0.29, 0.717) is 19.4 Å². The van der Waals surface area contributed by atoms with E-state index in [0.717, 1.165) is 32.1 Å². The number of rotatable bonds is 38. The van der Waals surface area contributed by atoms with Crippen LogP contribution in [-0.4, -0.2) is 68.3 Å². The van der Waals surface area contributed by atoms with Gasteiger partial charge < -0.3 is 19.3 Å². The highest BCUT2D eigenvalue weighted by atomic mass is 31.2. The van der Waals surface area contributed by atoms with Crippen molar-refractivity contribution in [2.75, 3.05) is 40.5 Å². The highest BCUT2D eigenvalue weighted by molar-refractivity contribution is 7.47. The molecule has 0 spiro atoms. The van der Waals surface area contributed by atoms with Gasteiger partial charge in [-0.25, -0.2) is 4.57 Å². The summed E-state index contributed by atoms with van der Waals surface area (Å²) in [6.45, 7) is 4.25. The number of allylic oxidation sites excluding steroid dienone is 6. The van der Waals surface area contributed by atoms with E-state index in [1.165, 1.54) is 103 Å². The summed E-state index contributed by atoms with van der Waals surface area (Å²) >= 11 is 0. The molecule has 0 fully saturated rings. The lowest BCUT2D eigenvalue weighted by molar-refractivity contribution is -0.161. The van der Waals surface area contributed by atoms with Gasteiger partial charge in [-0.3, -0.25) is 18.6 Å². The first kappa shape index (κ1) is 50.2. The van der Waals surface area contributed by atoms with Crippen molar-refractivity contribution in [2.24, 2.45) is 0 Å². The molecule has 0 rings (SSSR count). The summed E-state index contributed by atoms with van der Waals surface area (Å²) in [6.07, 6.45) is 39.1. The molecule has 10 heteroatoms. The van der Waals surface area contributed by atoms with Crippen LogP contribution >= 0.6 is 7.82 Å². The van der Waals surface area contributed by atoms with Gasteiger partial charge >= 0.3 is 19.8 Å². The Hall–Kier alpha value is -1.77. The standard InChI is InChI=1S/C42H78NO8P/c1-5-7-9-11-13-15-17-19-20-21-22-23-25-26-28-30-32-34-41(44)48-38-40(39-50-52(46,47)49-37-36-43(3)4)51-42(45)35-33-31-29-27-24-18-16-14-12-10-8-6-2/h19-20,22-23,26,28,40H,5-18,21,24-25,27,29-39H2,1-4H3,(H,46,47)/b20-19-,23-22-,28-26-. The third-order valence-electron chi connectivity index (χ3n) is 8.70. The van der Waals surface area contributed by atoms with Crippen LogP contribution in [0.1, 0.15) is 174 Å². The average Bonchev–Trinajstić information content (AvgIpc) is 3.11. The van der Waals surface area contributed by atoms with E-state index in [4.69, 9.17) is 18.5 Å². The van der Waals surface area contributed by atoms with Crippen LogP contribution in [0.15, 0.2) is 36.5 Å². The minimum absolute atomic E-state index is 0.000607. The molecule has 2 atom stereocenters. The van der Waals surface area contributed by atoms with Gasteiger partial charge in [0.2, 0.25) is 0 Å². The molecule has 304 valence electrons. The molecule has 2 unspecified atom stereocenters. The molecule has 0 radical (unpaired) electrons. The number of phosphoric ester groups is 1. The highest BCUT2D eigenvalue weighted by Gasteiger charge is 2.26. The van der Waals surface area contributed by atoms with Gasteiger partial charge in [-0.15, -0.1) is 0 Å². The second-order valence-electron chi connectivity index (χ2n) is 14.2. The quantitative estimate of drug-likeness (QED) is 0.0285. The number of hydrogen-bond donors (Lipinski definition) is 1. The Labute approximate surface area is 319 Å². The largest absolute Gasteiger partial charge is 0.472 e. The highest BCUT2D eigenvalue weighted by Crippen LogP contribution is 2.43. The summed E-state index contributed by atoms with van der Waals surface area (Å²) in [7, 11) is -0.729. The van der Waals surface area contributed by atoms with Crippen LogP contribution in [0.3, 0.4) is 0 Å². The van der Waals surface area contributed by atoms with Crippen LogP contribution in [0.4, 0.5) is 0 Å². The molecule has 1 N–H and O–H groups in total. The lowest BCUT2D eigenvalue weighted by atomic mass is 10.0. The number of carbonyl (C=O) groups excluding carboxylic acids is 2. The normalized spacial score (nSPS) is 13.8. The lowest BCUT2D eigenvalue weighted by Crippen LogP contribution is -2.29. The molecule has 0 heterocycles. The van der Waals surface area contributed by atoms with Crippen molar-refractivity contribution in [3.8, 4) is 0 Å². The number of nitrogens with zero attached hydrogens (tertiary/aromatic N) is 1. The van der Waals surface area contributed by atoms with Crippen molar-refractivity contribution >= 4 is 19.8 Å². The third-order valence-corrected chi connectivity index (χ3v) is 9.68. The van der Waals surface area contributed by atoms with Crippen molar-refractivity contribution in [1.29, 1.82) is 0 Å². The smallest absolute Gasteiger partial charge is 0.462 e. The Balaban J connectivity index is 4.39. The van der Waals surface area contributed by atoms with Crippen molar-refractivity contribution in [3.05, 3.63) is 36.5 Å². The molecule has 52 heavy (non-hydrogen) atoms. The Kier molecular flexibility index (Phi) is 36.3. The number of ether oxygens (including phenoxy) is 2. The Morgan fingerprint density at radius 1 is 0.596 bits per heavy atom.